The van der Waals surface area contributed by atoms with Gasteiger partial charge >= 0.3 is 172 Å². The number of rotatable bonds is 8. The topological polar surface area (TPSA) is 18.5 Å². The zero-order valence-electron chi connectivity index (χ0n) is 18.5. The molecule has 0 aromatic heterocycles. The predicted molar refractivity (Wildman–Crippen MR) is 119 cm³/mol. The van der Waals surface area contributed by atoms with E-state index in [2.05, 4.69) is 75.7 Å². The van der Waals surface area contributed by atoms with Crippen molar-refractivity contribution in [2.45, 2.75) is 77.1 Å². The van der Waals surface area contributed by atoms with Gasteiger partial charge < -0.3 is 0 Å². The zero-order chi connectivity index (χ0) is 20.2. The molecule has 2 aromatic rings. The predicted octanol–water partition coefficient (Wildman–Crippen LogP) is 6.98. The minimum atomic E-state index is -3.23. The molecule has 2 nitrogen and oxygen atoms in total. The van der Waals surface area contributed by atoms with Crippen LogP contribution < -0.4 is 6.15 Å². The maximum atomic E-state index is 6.62. The van der Waals surface area contributed by atoms with Crippen LogP contribution in [0.1, 0.15) is 60.1 Å². The normalized spacial score (nSPS) is 11.6. The Labute approximate surface area is 171 Å². The Bertz CT molecular complexity index is 728. The third-order valence-electron chi connectivity index (χ3n) is 5.36. The van der Waals surface area contributed by atoms with Gasteiger partial charge in [0.1, 0.15) is 0 Å². The van der Waals surface area contributed by atoms with Crippen molar-refractivity contribution in [1.29, 1.82) is 0 Å². The summed E-state index contributed by atoms with van der Waals surface area (Å²) < 4.78 is 13.2. The van der Waals surface area contributed by atoms with Crippen LogP contribution in [0.15, 0.2) is 24.3 Å². The molecule has 0 heterocycles. The van der Waals surface area contributed by atoms with Gasteiger partial charge in [0.15, 0.2) is 0 Å². The van der Waals surface area contributed by atoms with Gasteiger partial charge in [-0.2, -0.15) is 0 Å². The van der Waals surface area contributed by atoms with Gasteiger partial charge in [-0.3, -0.25) is 0 Å². The van der Waals surface area contributed by atoms with Crippen molar-refractivity contribution in [3.05, 3.63) is 57.6 Å². The molecule has 0 unspecified atom stereocenters. The molecule has 0 N–H and O–H groups in total. The van der Waals surface area contributed by atoms with Crippen molar-refractivity contribution in [2.75, 3.05) is 0 Å². The van der Waals surface area contributed by atoms with E-state index in [1.165, 1.54) is 33.4 Å². The molecule has 2 aromatic carbocycles. The fourth-order valence-electron chi connectivity index (χ4n) is 3.56. The summed E-state index contributed by atoms with van der Waals surface area (Å²) in [6.07, 6.45) is 4.34. The van der Waals surface area contributed by atoms with E-state index in [1.54, 1.807) is 0 Å². The van der Waals surface area contributed by atoms with Crippen molar-refractivity contribution in [1.82, 2.24) is 0 Å². The number of hydrogen-bond donors (Lipinski definition) is 0. The molecule has 0 atom stereocenters. The van der Waals surface area contributed by atoms with Crippen LogP contribution >= 0.6 is 0 Å². The molecule has 0 spiro atoms. The van der Waals surface area contributed by atoms with Crippen LogP contribution in [0.4, 0.5) is 0 Å². The summed E-state index contributed by atoms with van der Waals surface area (Å²) in [6, 6.07) is 8.63. The van der Waals surface area contributed by atoms with E-state index < -0.39 is 19.2 Å². The Kier molecular flexibility index (Phi) is 7.67. The van der Waals surface area contributed by atoms with Crippen LogP contribution in [-0.2, 0) is 12.8 Å². The zero-order valence-corrected chi connectivity index (χ0v) is 21.3. The van der Waals surface area contributed by atoms with Gasteiger partial charge in [-0.15, -0.1) is 0 Å². The first-order valence-corrected chi connectivity index (χ1v) is 18.3. The second-order valence-corrected chi connectivity index (χ2v) is 17.2. The molecule has 0 fully saturated rings. The van der Waals surface area contributed by atoms with Crippen molar-refractivity contribution in [2.24, 2.45) is 0 Å². The van der Waals surface area contributed by atoms with E-state index in [0.29, 0.717) is 0 Å². The SMILES string of the molecule is CCCc1c([O][Sn]([CH3])([CH3])[O]c2ccc(C)c(C)c2CCC)ccc(C)c1C. The van der Waals surface area contributed by atoms with Gasteiger partial charge in [0.05, 0.1) is 0 Å². The van der Waals surface area contributed by atoms with Crippen molar-refractivity contribution >= 4 is 19.2 Å². The molecular formula is C24H36O2Sn. The van der Waals surface area contributed by atoms with E-state index in [0.717, 1.165) is 37.2 Å². The van der Waals surface area contributed by atoms with E-state index in [9.17, 15) is 0 Å². The Morgan fingerprint density at radius 2 is 1.04 bits per heavy atom. The van der Waals surface area contributed by atoms with Crippen molar-refractivity contribution in [3.63, 3.8) is 0 Å². The number of hydrogen-bond acceptors (Lipinski definition) is 2. The molecule has 0 bridgehead atoms. The van der Waals surface area contributed by atoms with Gasteiger partial charge in [-0.25, -0.2) is 0 Å². The molecule has 0 aliphatic rings. The Morgan fingerprint density at radius 3 is 1.37 bits per heavy atom. The van der Waals surface area contributed by atoms with Crippen molar-refractivity contribution < 1.29 is 6.15 Å². The Hall–Kier alpha value is -1.16. The second-order valence-electron chi connectivity index (χ2n) is 8.07. The quantitative estimate of drug-likeness (QED) is 0.384. The van der Waals surface area contributed by atoms with Gasteiger partial charge in [0.25, 0.3) is 0 Å². The van der Waals surface area contributed by atoms with E-state index in [-0.39, 0.29) is 0 Å². The van der Waals surface area contributed by atoms with Crippen LogP contribution in [0.3, 0.4) is 0 Å². The third kappa shape index (κ3) is 5.43. The van der Waals surface area contributed by atoms with E-state index >= 15 is 0 Å². The maximum absolute atomic E-state index is 6.62. The molecule has 0 amide bonds. The molecule has 0 radical (unpaired) electrons. The Balaban J connectivity index is 2.34. The van der Waals surface area contributed by atoms with Crippen LogP contribution in [0, 0.1) is 27.7 Å². The summed E-state index contributed by atoms with van der Waals surface area (Å²) in [7, 11) is 0. The molecule has 0 saturated heterocycles. The summed E-state index contributed by atoms with van der Waals surface area (Å²) >= 11 is -3.23. The molecule has 0 aliphatic carbocycles. The van der Waals surface area contributed by atoms with E-state index in [4.69, 9.17) is 6.15 Å². The van der Waals surface area contributed by atoms with Gasteiger partial charge in [-0.05, 0) is 0 Å². The average molecular weight is 475 g/mol. The molecule has 0 aliphatic heterocycles. The van der Waals surface area contributed by atoms with Gasteiger partial charge in [0.2, 0.25) is 0 Å². The fourth-order valence-corrected chi connectivity index (χ4v) is 7.79. The first-order chi connectivity index (χ1) is 12.7. The first-order valence-electron chi connectivity index (χ1n) is 10.3. The van der Waals surface area contributed by atoms with Gasteiger partial charge in [-0.1, -0.05) is 0 Å². The van der Waals surface area contributed by atoms with Crippen LogP contribution in [0.2, 0.25) is 9.88 Å². The molecule has 27 heavy (non-hydrogen) atoms. The second kappa shape index (κ2) is 9.36. The van der Waals surface area contributed by atoms with E-state index in [1.807, 2.05) is 0 Å². The number of benzene rings is 2. The monoisotopic (exact) mass is 476 g/mol. The first kappa shape index (κ1) is 22.1. The van der Waals surface area contributed by atoms with Crippen LogP contribution in [0.5, 0.6) is 11.5 Å². The summed E-state index contributed by atoms with van der Waals surface area (Å²) in [4.78, 5) is 4.43. The van der Waals surface area contributed by atoms with Crippen molar-refractivity contribution in [3.8, 4) is 11.5 Å². The average Bonchev–Trinajstić information content (AvgIpc) is 2.60. The summed E-state index contributed by atoms with van der Waals surface area (Å²) in [5.41, 5.74) is 8.07. The number of aryl methyl sites for hydroxylation is 2. The van der Waals surface area contributed by atoms with Gasteiger partial charge in [0, 0.05) is 0 Å². The Morgan fingerprint density at radius 1 is 0.667 bits per heavy atom. The summed E-state index contributed by atoms with van der Waals surface area (Å²) in [6.45, 7) is 13.2. The molecule has 148 valence electrons. The molecule has 2 rings (SSSR count). The summed E-state index contributed by atoms with van der Waals surface area (Å²) in [5, 5.41) is 0. The standard InChI is InChI=1S/2C11H16O.2CH3.Sn/c2*1-4-5-10-9(3)8(2)6-7-11(10)12;;;/h2*6-7,12H,4-5H2,1-3H3;2*1H3;/q;;;;+2/p-2. The third-order valence-corrected chi connectivity index (χ3v) is 9.43. The van der Waals surface area contributed by atoms with Crippen LogP contribution in [0.25, 0.3) is 0 Å². The summed E-state index contributed by atoms with van der Waals surface area (Å²) in [5.74, 6) is 2.06. The molecular weight excluding hydrogens is 439 g/mol. The fraction of sp³-hybridized carbons (Fsp3) is 0.500. The van der Waals surface area contributed by atoms with Crippen LogP contribution in [-0.4, -0.2) is 19.2 Å². The molecule has 3 heteroatoms. The minimum absolute atomic E-state index is 1.03. The molecule has 0 saturated carbocycles.